The highest BCUT2D eigenvalue weighted by Crippen LogP contribution is 2.61. The summed E-state index contributed by atoms with van der Waals surface area (Å²) >= 11 is 0. The Morgan fingerprint density at radius 2 is 1.26 bits per heavy atom. The largest absolute Gasteiger partial charge is 0.459 e. The molecule has 32 unspecified atom stereocenters. The summed E-state index contributed by atoms with van der Waals surface area (Å²) in [7, 11) is 0. The average Bonchev–Trinajstić information content (AvgIpc) is 4.41. The van der Waals surface area contributed by atoms with E-state index < -0.39 is 77.9 Å². The lowest BCUT2D eigenvalue weighted by Gasteiger charge is -2.51. The van der Waals surface area contributed by atoms with Crippen LogP contribution in [0.2, 0.25) is 0 Å². The number of aliphatic hydroxyl groups excluding tert-OH is 3. The minimum Gasteiger partial charge on any atom is -0.459 e. The van der Waals surface area contributed by atoms with Crippen molar-refractivity contribution in [3.05, 3.63) is 24.3 Å². The number of hydrogen-bond donors (Lipinski definition) is 4. The van der Waals surface area contributed by atoms with Crippen molar-refractivity contribution in [2.24, 2.45) is 29.6 Å². The molecule has 1 saturated carbocycles. The lowest BCUT2D eigenvalue weighted by atomic mass is 9.68. The molecule has 0 aromatic heterocycles. The summed E-state index contributed by atoms with van der Waals surface area (Å²) < 4.78 is 97.0. The van der Waals surface area contributed by atoms with Crippen LogP contribution in [0.1, 0.15) is 156 Å². The van der Waals surface area contributed by atoms with Gasteiger partial charge in [-0.3, -0.25) is 4.79 Å². The molecular weight excluding hydrogens is 1050 g/mol. The minimum absolute atomic E-state index is 0.0196. The Morgan fingerprint density at radius 1 is 0.543 bits per heavy atom. The van der Waals surface area contributed by atoms with Gasteiger partial charge >= 0.3 is 5.97 Å². The molecule has 0 aromatic carbocycles. The van der Waals surface area contributed by atoms with Gasteiger partial charge in [0.2, 0.25) is 0 Å². The summed E-state index contributed by atoms with van der Waals surface area (Å²) in [4.78, 5) is 14.6. The molecule has 12 bridgehead atoms. The van der Waals surface area contributed by atoms with Crippen molar-refractivity contribution in [1.29, 1.82) is 0 Å². The molecule has 16 rings (SSSR count). The summed E-state index contributed by atoms with van der Waals surface area (Å²) in [6.45, 7) is 17.5. The standard InChI is InChI=1S/C62H90O19/c1-28-15-36-10-12-40-29(2)16-38(68-40)13-14-59-26-49-57(81-59)62(67)23-34-7-9-37(70-55(34)56(80-59)58(62)74-49)17-50(66)75-54-33(6)53-45(71-44(54)18-41(69-36)32(28)5)20-43-47(73-53)24-61(76-43)25-48-52(79-61)31(4)22-60(78-48)21-30(3)51-46(77-60)19-42(72-51)39(65)11-8-35(64)27-63/h28,30-31,33-49,51-58,63-65,67H,2,5,7-27H2,1,3-4,6H3. The average molecular weight is 1140 g/mol. The van der Waals surface area contributed by atoms with Crippen LogP contribution in [0.3, 0.4) is 0 Å². The first-order valence-electron chi connectivity index (χ1n) is 31.7. The van der Waals surface area contributed by atoms with Crippen LogP contribution in [0.5, 0.6) is 0 Å². The molecule has 0 amide bonds. The fourth-order valence-corrected chi connectivity index (χ4v) is 19.0. The third-order valence-corrected chi connectivity index (χ3v) is 22.9. The lowest BCUT2D eigenvalue weighted by Crippen LogP contribution is -2.64. The zero-order valence-corrected chi connectivity index (χ0v) is 47.8. The topological polar surface area (TPSA) is 227 Å². The number of fused-ring (bicyclic) bond motifs is 10. The third kappa shape index (κ3) is 9.65. The predicted octanol–water partition coefficient (Wildman–Crippen LogP) is 5.30. The minimum atomic E-state index is -1.18. The Labute approximate surface area is 475 Å². The van der Waals surface area contributed by atoms with Crippen molar-refractivity contribution in [2.45, 2.75) is 319 Å². The van der Waals surface area contributed by atoms with Gasteiger partial charge in [0.05, 0.1) is 129 Å². The van der Waals surface area contributed by atoms with E-state index in [2.05, 4.69) is 40.9 Å². The molecule has 0 aromatic rings. The van der Waals surface area contributed by atoms with E-state index in [1.807, 2.05) is 0 Å². The maximum Gasteiger partial charge on any atom is 0.308 e. The molecule has 15 heterocycles. The molecule has 16 aliphatic rings. The highest BCUT2D eigenvalue weighted by molar-refractivity contribution is 5.70. The summed E-state index contributed by atoms with van der Waals surface area (Å²) in [5.41, 5.74) is 0.949. The van der Waals surface area contributed by atoms with Gasteiger partial charge in [0.15, 0.2) is 17.4 Å². The number of carbonyl (C=O) groups excluding carboxylic acids is 1. The molecule has 3 spiro atoms. The van der Waals surface area contributed by atoms with Gasteiger partial charge in [-0.2, -0.15) is 0 Å². The molecule has 0 radical (unpaired) electrons. The second-order valence-electron chi connectivity index (χ2n) is 28.6. The Kier molecular flexibility index (Phi) is 14.3. The predicted molar refractivity (Wildman–Crippen MR) is 283 cm³/mol. The maximum absolute atomic E-state index is 14.6. The van der Waals surface area contributed by atoms with E-state index in [-0.39, 0.29) is 140 Å². The molecule has 32 atom stereocenters. The fourth-order valence-electron chi connectivity index (χ4n) is 19.0. The molecule has 1 aliphatic carbocycles. The number of esters is 1. The second-order valence-corrected chi connectivity index (χ2v) is 28.6. The first-order chi connectivity index (χ1) is 38.8. The van der Waals surface area contributed by atoms with Crippen LogP contribution >= 0.6 is 0 Å². The van der Waals surface area contributed by atoms with Crippen LogP contribution in [0.4, 0.5) is 0 Å². The Morgan fingerprint density at radius 3 is 2.10 bits per heavy atom. The van der Waals surface area contributed by atoms with Gasteiger partial charge in [0.25, 0.3) is 0 Å². The highest BCUT2D eigenvalue weighted by atomic mass is 16.8. The first-order valence-corrected chi connectivity index (χ1v) is 31.7. The Balaban J connectivity index is 0.652. The molecule has 15 saturated heterocycles. The second kappa shape index (κ2) is 20.7. The van der Waals surface area contributed by atoms with E-state index in [0.29, 0.717) is 77.0 Å². The summed E-state index contributed by atoms with van der Waals surface area (Å²) in [6.07, 6.45) is 2.96. The molecule has 81 heavy (non-hydrogen) atoms. The fraction of sp³-hybridized carbons (Fsp3) is 0.919. The van der Waals surface area contributed by atoms with E-state index in [1.165, 1.54) is 0 Å². The number of ether oxygens (including phenoxy) is 14. The van der Waals surface area contributed by atoms with Crippen molar-refractivity contribution in [3.8, 4) is 0 Å². The van der Waals surface area contributed by atoms with Gasteiger partial charge in [0, 0.05) is 63.7 Å². The Hall–Kier alpha value is -1.73. The number of carbonyl (C=O) groups is 1. The number of hydrogen-bond acceptors (Lipinski definition) is 19. The van der Waals surface area contributed by atoms with Crippen molar-refractivity contribution < 1.29 is 91.5 Å². The van der Waals surface area contributed by atoms with Gasteiger partial charge in [-0.15, -0.1) is 0 Å². The van der Waals surface area contributed by atoms with E-state index >= 15 is 0 Å². The molecule has 16 fully saturated rings. The van der Waals surface area contributed by atoms with Crippen molar-refractivity contribution in [1.82, 2.24) is 0 Å². The van der Waals surface area contributed by atoms with Crippen LogP contribution in [-0.2, 0) is 71.1 Å². The third-order valence-electron chi connectivity index (χ3n) is 22.9. The van der Waals surface area contributed by atoms with Crippen LogP contribution in [-0.4, -0.2) is 196 Å². The van der Waals surface area contributed by atoms with Gasteiger partial charge in [-0.05, 0) is 99.0 Å². The van der Waals surface area contributed by atoms with Crippen LogP contribution < -0.4 is 0 Å². The van der Waals surface area contributed by atoms with Crippen molar-refractivity contribution in [2.75, 3.05) is 6.61 Å². The van der Waals surface area contributed by atoms with Gasteiger partial charge in [0.1, 0.15) is 30.0 Å². The van der Waals surface area contributed by atoms with Crippen LogP contribution in [0.25, 0.3) is 0 Å². The molecule has 15 aliphatic heterocycles. The Bertz CT molecular complexity index is 2410. The number of aliphatic hydroxyl groups is 4. The lowest BCUT2D eigenvalue weighted by molar-refractivity contribution is -0.347. The van der Waals surface area contributed by atoms with Crippen LogP contribution in [0, 0.1) is 29.6 Å². The van der Waals surface area contributed by atoms with E-state index in [1.54, 1.807) is 0 Å². The van der Waals surface area contributed by atoms with E-state index in [4.69, 9.17) is 66.3 Å². The first kappa shape index (κ1) is 55.8. The van der Waals surface area contributed by atoms with E-state index in [9.17, 15) is 25.2 Å². The van der Waals surface area contributed by atoms with E-state index in [0.717, 1.165) is 49.7 Å². The smallest absolute Gasteiger partial charge is 0.308 e. The van der Waals surface area contributed by atoms with Crippen molar-refractivity contribution in [3.63, 3.8) is 0 Å². The molecule has 452 valence electrons. The molecule has 19 heteroatoms. The highest BCUT2D eigenvalue weighted by Gasteiger charge is 2.74. The number of rotatable bonds is 5. The zero-order chi connectivity index (χ0) is 55.6. The molecule has 19 nitrogen and oxygen atoms in total. The zero-order valence-electron chi connectivity index (χ0n) is 47.8. The van der Waals surface area contributed by atoms with Gasteiger partial charge in [-0.25, -0.2) is 0 Å². The maximum atomic E-state index is 14.6. The SMILES string of the molecule is C=C1CC2CCC34CC5OC6C(O3)C3OC(CCC3CC6(O)C5O4)CC(=O)OC3C(CC4OC(CCC1O2)CC(C)C4=C)OC1CC2OC4(CC2OC1C3C)CC1OC2(CC(C)C3OC(C(O)CCC(O)CO)CC3O2)CC(C)C1O4. The van der Waals surface area contributed by atoms with Gasteiger partial charge < -0.3 is 86.7 Å². The summed E-state index contributed by atoms with van der Waals surface area (Å²) in [5, 5.41) is 42.7. The molecular formula is C62H90O19. The van der Waals surface area contributed by atoms with Crippen LogP contribution in [0.15, 0.2) is 24.3 Å². The quantitative estimate of drug-likeness (QED) is 0.202. The summed E-state index contributed by atoms with van der Waals surface area (Å²) in [6, 6.07) is 0. The normalized spacial score (nSPS) is 57.0. The van der Waals surface area contributed by atoms with Crippen molar-refractivity contribution >= 4 is 5.97 Å². The summed E-state index contributed by atoms with van der Waals surface area (Å²) in [5.74, 6) is -2.85. The molecule has 4 N–H and O–H groups in total. The monoisotopic (exact) mass is 1140 g/mol. The van der Waals surface area contributed by atoms with Gasteiger partial charge in [-0.1, -0.05) is 40.9 Å².